The van der Waals surface area contributed by atoms with E-state index in [-0.39, 0.29) is 12.6 Å². The van der Waals surface area contributed by atoms with Gasteiger partial charge in [0.25, 0.3) is 0 Å². The van der Waals surface area contributed by atoms with E-state index < -0.39 is 0 Å². The van der Waals surface area contributed by atoms with E-state index in [4.69, 9.17) is 0 Å². The minimum atomic E-state index is 0.171. The number of aliphatic hydroxyl groups is 1. The lowest BCUT2D eigenvalue weighted by Gasteiger charge is -2.21. The summed E-state index contributed by atoms with van der Waals surface area (Å²) in [6.07, 6.45) is 4.56. The smallest absolute Gasteiger partial charge is 0.0587 e. The summed E-state index contributed by atoms with van der Waals surface area (Å²) in [5.41, 5.74) is 1.28. The quantitative estimate of drug-likeness (QED) is 0.726. The normalized spacial score (nSPS) is 14.5. The Morgan fingerprint density at radius 2 is 1.94 bits per heavy atom. The molecule has 2 atom stereocenters. The van der Waals surface area contributed by atoms with Gasteiger partial charge in [0.2, 0.25) is 0 Å². The molecule has 0 spiro atoms. The van der Waals surface area contributed by atoms with Crippen molar-refractivity contribution >= 4 is 0 Å². The Balaban J connectivity index is 2.38. The molecule has 1 aromatic rings. The highest BCUT2D eigenvalue weighted by Crippen LogP contribution is 2.06. The maximum Gasteiger partial charge on any atom is 0.0587 e. The van der Waals surface area contributed by atoms with E-state index in [2.05, 4.69) is 31.3 Å². The zero-order chi connectivity index (χ0) is 12.5. The lowest BCUT2D eigenvalue weighted by Crippen LogP contribution is -2.40. The predicted molar refractivity (Wildman–Crippen MR) is 73.1 cm³/mol. The second kappa shape index (κ2) is 8.26. The maximum atomic E-state index is 9.40. The van der Waals surface area contributed by atoms with Gasteiger partial charge in [-0.3, -0.25) is 0 Å². The molecule has 2 N–H and O–H groups in total. The van der Waals surface area contributed by atoms with Crippen molar-refractivity contribution in [3.05, 3.63) is 35.9 Å². The zero-order valence-corrected chi connectivity index (χ0v) is 11.0. The summed E-state index contributed by atoms with van der Waals surface area (Å²) in [6.45, 7) is 4.61. The van der Waals surface area contributed by atoms with E-state index >= 15 is 0 Å². The zero-order valence-electron chi connectivity index (χ0n) is 11.0. The highest BCUT2D eigenvalue weighted by Gasteiger charge is 2.11. The SMILES string of the molecule is CCCCC(C)N[C@@H](CO)Cc1ccccc1. The maximum absolute atomic E-state index is 9.40. The van der Waals surface area contributed by atoms with Gasteiger partial charge in [-0.1, -0.05) is 50.1 Å². The number of nitrogens with one attached hydrogen (secondary N) is 1. The van der Waals surface area contributed by atoms with Crippen LogP contribution in [0.2, 0.25) is 0 Å². The van der Waals surface area contributed by atoms with Crippen LogP contribution in [-0.4, -0.2) is 23.8 Å². The van der Waals surface area contributed by atoms with Crippen molar-refractivity contribution < 1.29 is 5.11 Å². The van der Waals surface area contributed by atoms with E-state index in [9.17, 15) is 5.11 Å². The summed E-state index contributed by atoms with van der Waals surface area (Å²) in [5, 5.41) is 12.9. The van der Waals surface area contributed by atoms with Crippen LogP contribution in [0.5, 0.6) is 0 Å². The van der Waals surface area contributed by atoms with Crippen molar-refractivity contribution in [1.29, 1.82) is 0 Å². The van der Waals surface area contributed by atoms with Crippen molar-refractivity contribution in [2.75, 3.05) is 6.61 Å². The van der Waals surface area contributed by atoms with Crippen molar-refractivity contribution in [3.8, 4) is 0 Å². The first-order valence-electron chi connectivity index (χ1n) is 6.67. The van der Waals surface area contributed by atoms with Gasteiger partial charge >= 0.3 is 0 Å². The Morgan fingerprint density at radius 3 is 2.53 bits per heavy atom. The predicted octanol–water partition coefficient (Wildman–Crippen LogP) is 2.76. The lowest BCUT2D eigenvalue weighted by molar-refractivity contribution is 0.229. The minimum absolute atomic E-state index is 0.171. The number of rotatable bonds is 8. The molecule has 0 radical (unpaired) electrons. The summed E-state index contributed by atoms with van der Waals surface area (Å²) < 4.78 is 0. The molecule has 0 aromatic heterocycles. The average Bonchev–Trinajstić information content (AvgIpc) is 2.36. The summed E-state index contributed by atoms with van der Waals surface area (Å²) >= 11 is 0. The van der Waals surface area contributed by atoms with Crippen LogP contribution in [0, 0.1) is 0 Å². The van der Waals surface area contributed by atoms with Gasteiger partial charge in [0.1, 0.15) is 0 Å². The molecule has 2 nitrogen and oxygen atoms in total. The molecule has 0 amide bonds. The standard InChI is InChI=1S/C15H25NO/c1-3-4-8-13(2)16-15(12-17)11-14-9-6-5-7-10-14/h5-7,9-10,13,15-17H,3-4,8,11-12H2,1-2H3/t13?,15-/m1/s1. The van der Waals surface area contributed by atoms with Crippen LogP contribution in [0.4, 0.5) is 0 Å². The van der Waals surface area contributed by atoms with Gasteiger partial charge in [-0.2, -0.15) is 0 Å². The molecule has 0 bridgehead atoms. The molecule has 17 heavy (non-hydrogen) atoms. The van der Waals surface area contributed by atoms with E-state index in [0.717, 1.165) is 6.42 Å². The van der Waals surface area contributed by atoms with Gasteiger partial charge < -0.3 is 10.4 Å². The van der Waals surface area contributed by atoms with Crippen LogP contribution in [0.25, 0.3) is 0 Å². The average molecular weight is 235 g/mol. The molecule has 0 fully saturated rings. The van der Waals surface area contributed by atoms with E-state index in [0.29, 0.717) is 6.04 Å². The van der Waals surface area contributed by atoms with Gasteiger partial charge in [0.05, 0.1) is 6.61 Å². The molecule has 96 valence electrons. The molecule has 2 heteroatoms. The second-order valence-electron chi connectivity index (χ2n) is 4.78. The van der Waals surface area contributed by atoms with Crippen LogP contribution in [-0.2, 0) is 6.42 Å². The summed E-state index contributed by atoms with van der Waals surface area (Å²) in [7, 11) is 0. The topological polar surface area (TPSA) is 32.3 Å². The Labute approximate surface area is 105 Å². The van der Waals surface area contributed by atoms with Crippen LogP contribution < -0.4 is 5.32 Å². The molecule has 0 aliphatic carbocycles. The van der Waals surface area contributed by atoms with Crippen molar-refractivity contribution in [2.24, 2.45) is 0 Å². The number of benzene rings is 1. The van der Waals surface area contributed by atoms with Gasteiger partial charge in [0.15, 0.2) is 0 Å². The number of unbranched alkanes of at least 4 members (excludes halogenated alkanes) is 1. The third-order valence-electron chi connectivity index (χ3n) is 3.06. The first kappa shape index (κ1) is 14.2. The molecule has 1 aromatic carbocycles. The molecule has 1 unspecified atom stereocenters. The monoisotopic (exact) mass is 235 g/mol. The van der Waals surface area contributed by atoms with Gasteiger partial charge in [-0.25, -0.2) is 0 Å². The van der Waals surface area contributed by atoms with Gasteiger partial charge in [0, 0.05) is 12.1 Å². The third-order valence-corrected chi connectivity index (χ3v) is 3.06. The fourth-order valence-electron chi connectivity index (χ4n) is 2.07. The largest absolute Gasteiger partial charge is 0.395 e. The fraction of sp³-hybridized carbons (Fsp3) is 0.600. The number of hydrogen-bond donors (Lipinski definition) is 2. The molecule has 0 saturated carbocycles. The molecule has 0 saturated heterocycles. The Morgan fingerprint density at radius 1 is 1.24 bits per heavy atom. The molecular weight excluding hydrogens is 210 g/mol. The first-order valence-corrected chi connectivity index (χ1v) is 6.67. The minimum Gasteiger partial charge on any atom is -0.395 e. The Bertz CT molecular complexity index is 286. The highest BCUT2D eigenvalue weighted by atomic mass is 16.3. The van der Waals surface area contributed by atoms with Crippen molar-refractivity contribution in [1.82, 2.24) is 5.32 Å². The van der Waals surface area contributed by atoms with Gasteiger partial charge in [-0.05, 0) is 25.3 Å². The number of aliphatic hydroxyl groups excluding tert-OH is 1. The van der Waals surface area contributed by atoms with Crippen LogP contribution in [0.15, 0.2) is 30.3 Å². The van der Waals surface area contributed by atoms with Crippen LogP contribution in [0.3, 0.4) is 0 Å². The summed E-state index contributed by atoms with van der Waals surface area (Å²) in [5.74, 6) is 0. The lowest BCUT2D eigenvalue weighted by atomic mass is 10.0. The van der Waals surface area contributed by atoms with Crippen molar-refractivity contribution in [3.63, 3.8) is 0 Å². The molecule has 0 aliphatic heterocycles. The summed E-state index contributed by atoms with van der Waals surface area (Å²) in [6, 6.07) is 11.0. The molecule has 0 heterocycles. The highest BCUT2D eigenvalue weighted by molar-refractivity contribution is 5.15. The fourth-order valence-corrected chi connectivity index (χ4v) is 2.07. The Kier molecular flexibility index (Phi) is 6.90. The van der Waals surface area contributed by atoms with E-state index in [1.54, 1.807) is 0 Å². The Hall–Kier alpha value is -0.860. The van der Waals surface area contributed by atoms with Crippen molar-refractivity contribution in [2.45, 2.75) is 51.6 Å². The molecular formula is C15H25NO. The van der Waals surface area contributed by atoms with Crippen LogP contribution in [0.1, 0.15) is 38.7 Å². The third kappa shape index (κ3) is 5.85. The van der Waals surface area contributed by atoms with Gasteiger partial charge in [-0.15, -0.1) is 0 Å². The van der Waals surface area contributed by atoms with E-state index in [1.165, 1.54) is 24.8 Å². The van der Waals surface area contributed by atoms with E-state index in [1.807, 2.05) is 18.2 Å². The molecule has 1 rings (SSSR count). The molecule has 0 aliphatic rings. The number of hydrogen-bond acceptors (Lipinski definition) is 2. The first-order chi connectivity index (χ1) is 8.26. The second-order valence-corrected chi connectivity index (χ2v) is 4.78. The summed E-state index contributed by atoms with van der Waals surface area (Å²) in [4.78, 5) is 0. The van der Waals surface area contributed by atoms with Crippen LogP contribution >= 0.6 is 0 Å².